The van der Waals surface area contributed by atoms with Crippen molar-refractivity contribution in [3.8, 4) is 11.5 Å². The van der Waals surface area contributed by atoms with Crippen molar-refractivity contribution in [1.29, 1.82) is 0 Å². The number of nitrogens with zero attached hydrogens (tertiary/aromatic N) is 1. The number of urea groups is 1. The normalized spacial score (nSPS) is 10.9. The molecule has 2 heterocycles. The second-order valence-electron chi connectivity index (χ2n) is 8.60. The van der Waals surface area contributed by atoms with Crippen LogP contribution in [0.4, 0.5) is 10.5 Å². The minimum Gasteiger partial charge on any atom is -0.465 e. The molecule has 3 aromatic rings. The van der Waals surface area contributed by atoms with Gasteiger partial charge in [-0.2, -0.15) is 0 Å². The quantitative estimate of drug-likeness (QED) is 0.408. The molecule has 0 radical (unpaired) electrons. The van der Waals surface area contributed by atoms with Crippen LogP contribution in [0, 0.1) is 0 Å². The summed E-state index contributed by atoms with van der Waals surface area (Å²) in [5.74, 6) is 0.262. The molecule has 1 aromatic carbocycles. The van der Waals surface area contributed by atoms with Crippen molar-refractivity contribution in [3.05, 3.63) is 69.7 Å². The van der Waals surface area contributed by atoms with Gasteiger partial charge in [0.2, 0.25) is 0 Å². The van der Waals surface area contributed by atoms with Gasteiger partial charge in [-0.3, -0.25) is 9.78 Å². The summed E-state index contributed by atoms with van der Waals surface area (Å²) in [4.78, 5) is 41.7. The van der Waals surface area contributed by atoms with E-state index in [1.165, 1.54) is 31.7 Å². The number of ether oxygens (including phenoxy) is 2. The van der Waals surface area contributed by atoms with Crippen LogP contribution in [-0.4, -0.2) is 37.0 Å². The summed E-state index contributed by atoms with van der Waals surface area (Å²) in [7, 11) is 2.84. The zero-order valence-electron chi connectivity index (χ0n) is 20.2. The Morgan fingerprint density at radius 1 is 1.03 bits per heavy atom. The monoisotopic (exact) mass is 496 g/mol. The average Bonchev–Trinajstić information content (AvgIpc) is 3.27. The van der Waals surface area contributed by atoms with Crippen LogP contribution in [-0.2, 0) is 16.7 Å². The standard InChI is InChI=1S/C25H28N4O5S/c1-25(2,3)20-13-18(21(35-20)23(31)33-5)29-24(32)28-14-15-6-8-16(9-7-15)34-17-10-11-27-19(12-17)22(30)26-4/h6-13H,14H2,1-5H3,(H,26,30)(H2,28,29,32). The Labute approximate surface area is 207 Å². The molecule has 3 amide bonds. The molecule has 0 fully saturated rings. The van der Waals surface area contributed by atoms with Crippen molar-refractivity contribution >= 4 is 34.9 Å². The Balaban J connectivity index is 1.60. The number of benzene rings is 1. The van der Waals surface area contributed by atoms with E-state index in [1.54, 1.807) is 30.3 Å². The molecule has 9 nitrogen and oxygen atoms in total. The molecule has 0 unspecified atom stereocenters. The van der Waals surface area contributed by atoms with Crippen molar-refractivity contribution < 1.29 is 23.9 Å². The van der Waals surface area contributed by atoms with E-state index in [-0.39, 0.29) is 23.6 Å². The number of nitrogens with one attached hydrogen (secondary N) is 3. The SMILES string of the molecule is CNC(=O)c1cc(Oc2ccc(CNC(=O)Nc3cc(C(C)(C)C)sc3C(=O)OC)cc2)ccn1. The Morgan fingerprint density at radius 2 is 1.74 bits per heavy atom. The molecule has 0 aliphatic heterocycles. The van der Waals surface area contributed by atoms with Crippen molar-refractivity contribution in [3.63, 3.8) is 0 Å². The van der Waals surface area contributed by atoms with Crippen LogP contribution in [0.3, 0.4) is 0 Å². The number of pyridine rings is 1. The Kier molecular flexibility index (Phi) is 8.08. The highest BCUT2D eigenvalue weighted by molar-refractivity contribution is 7.14. The highest BCUT2D eigenvalue weighted by Gasteiger charge is 2.24. The maximum Gasteiger partial charge on any atom is 0.350 e. The Hall–Kier alpha value is -3.92. The lowest BCUT2D eigenvalue weighted by Gasteiger charge is -2.15. The van der Waals surface area contributed by atoms with Crippen LogP contribution >= 0.6 is 11.3 Å². The van der Waals surface area contributed by atoms with E-state index in [9.17, 15) is 14.4 Å². The summed E-state index contributed by atoms with van der Waals surface area (Å²) >= 11 is 1.30. The lowest BCUT2D eigenvalue weighted by atomic mass is 9.94. The lowest BCUT2D eigenvalue weighted by molar-refractivity contribution is 0.0607. The maximum absolute atomic E-state index is 12.5. The fourth-order valence-corrected chi connectivity index (χ4v) is 4.07. The van der Waals surface area contributed by atoms with E-state index in [1.807, 2.05) is 32.9 Å². The van der Waals surface area contributed by atoms with Gasteiger partial charge in [-0.15, -0.1) is 11.3 Å². The van der Waals surface area contributed by atoms with Gasteiger partial charge in [0.15, 0.2) is 0 Å². The number of anilines is 1. The first kappa shape index (κ1) is 25.7. The van der Waals surface area contributed by atoms with Crippen molar-refractivity contribution in [2.45, 2.75) is 32.7 Å². The number of amides is 3. The topological polar surface area (TPSA) is 119 Å². The fourth-order valence-electron chi connectivity index (χ4n) is 2.98. The van der Waals surface area contributed by atoms with E-state index >= 15 is 0 Å². The molecule has 0 bridgehead atoms. The molecule has 35 heavy (non-hydrogen) atoms. The van der Waals surface area contributed by atoms with Crippen LogP contribution in [0.1, 0.15) is 51.4 Å². The predicted molar refractivity (Wildman–Crippen MR) is 134 cm³/mol. The summed E-state index contributed by atoms with van der Waals surface area (Å²) < 4.78 is 10.6. The molecular weight excluding hydrogens is 468 g/mol. The average molecular weight is 497 g/mol. The van der Waals surface area contributed by atoms with Gasteiger partial charge in [0.05, 0.1) is 12.8 Å². The molecule has 0 saturated carbocycles. The van der Waals surface area contributed by atoms with Gasteiger partial charge in [-0.1, -0.05) is 32.9 Å². The van der Waals surface area contributed by atoms with Gasteiger partial charge in [0.1, 0.15) is 22.1 Å². The van der Waals surface area contributed by atoms with E-state index in [0.29, 0.717) is 22.1 Å². The number of esters is 1. The van der Waals surface area contributed by atoms with Gasteiger partial charge >= 0.3 is 12.0 Å². The third kappa shape index (κ3) is 6.80. The summed E-state index contributed by atoms with van der Waals surface area (Å²) in [5.41, 5.74) is 1.35. The molecule has 2 aromatic heterocycles. The number of hydrogen-bond acceptors (Lipinski definition) is 7. The molecular formula is C25H28N4O5S. The molecule has 0 aliphatic rings. The van der Waals surface area contributed by atoms with Crippen LogP contribution < -0.4 is 20.7 Å². The largest absolute Gasteiger partial charge is 0.465 e. The summed E-state index contributed by atoms with van der Waals surface area (Å²) in [6.45, 7) is 6.37. The second kappa shape index (κ2) is 11.0. The van der Waals surface area contributed by atoms with Gasteiger partial charge in [-0.25, -0.2) is 9.59 Å². The molecule has 3 N–H and O–H groups in total. The van der Waals surface area contributed by atoms with Gasteiger partial charge in [0.25, 0.3) is 5.91 Å². The number of rotatable bonds is 7. The highest BCUT2D eigenvalue weighted by Crippen LogP contribution is 2.35. The highest BCUT2D eigenvalue weighted by atomic mass is 32.1. The first-order chi connectivity index (χ1) is 16.6. The smallest absolute Gasteiger partial charge is 0.350 e. The predicted octanol–water partition coefficient (Wildman–Crippen LogP) is 4.70. The van der Waals surface area contributed by atoms with Gasteiger partial charge < -0.3 is 25.4 Å². The van der Waals surface area contributed by atoms with Crippen molar-refractivity contribution in [2.24, 2.45) is 0 Å². The number of methoxy groups -OCH3 is 1. The number of aromatic nitrogens is 1. The number of carbonyl (C=O) groups is 3. The maximum atomic E-state index is 12.5. The molecule has 0 aliphatic carbocycles. The number of thiophene rings is 1. The minimum atomic E-state index is -0.493. The van der Waals surface area contributed by atoms with E-state index < -0.39 is 12.0 Å². The molecule has 0 atom stereocenters. The van der Waals surface area contributed by atoms with Crippen molar-refractivity contribution in [1.82, 2.24) is 15.6 Å². The van der Waals surface area contributed by atoms with Crippen LogP contribution in [0.5, 0.6) is 11.5 Å². The zero-order chi connectivity index (χ0) is 25.6. The van der Waals surface area contributed by atoms with Gasteiger partial charge in [0, 0.05) is 30.7 Å². The molecule has 10 heteroatoms. The summed E-state index contributed by atoms with van der Waals surface area (Å²) in [6, 6.07) is 11.7. The number of carbonyl (C=O) groups excluding carboxylic acids is 3. The van der Waals surface area contributed by atoms with Crippen molar-refractivity contribution in [2.75, 3.05) is 19.5 Å². The molecule has 3 rings (SSSR count). The molecule has 0 spiro atoms. The molecule has 0 saturated heterocycles. The lowest BCUT2D eigenvalue weighted by Crippen LogP contribution is -2.28. The molecule has 184 valence electrons. The van der Waals surface area contributed by atoms with E-state index in [4.69, 9.17) is 9.47 Å². The number of hydrogen-bond donors (Lipinski definition) is 3. The van der Waals surface area contributed by atoms with E-state index in [2.05, 4.69) is 20.9 Å². The fraction of sp³-hybridized carbons (Fsp3) is 0.280. The Bertz CT molecular complexity index is 1220. The van der Waals surface area contributed by atoms with E-state index in [0.717, 1.165) is 10.4 Å². The first-order valence-corrected chi connectivity index (χ1v) is 11.6. The third-order valence-electron chi connectivity index (χ3n) is 4.89. The summed E-state index contributed by atoms with van der Waals surface area (Å²) in [5, 5.41) is 8.05. The zero-order valence-corrected chi connectivity index (χ0v) is 21.0. The Morgan fingerprint density at radius 3 is 2.37 bits per heavy atom. The van der Waals surface area contributed by atoms with Crippen LogP contribution in [0.25, 0.3) is 0 Å². The summed E-state index contributed by atoms with van der Waals surface area (Å²) in [6.07, 6.45) is 1.50. The minimum absolute atomic E-state index is 0.173. The first-order valence-electron chi connectivity index (χ1n) is 10.8. The second-order valence-corrected chi connectivity index (χ2v) is 9.66. The van der Waals surface area contributed by atoms with Crippen LogP contribution in [0.15, 0.2) is 48.7 Å². The van der Waals surface area contributed by atoms with Gasteiger partial charge in [-0.05, 0) is 35.2 Å². The van der Waals surface area contributed by atoms with Crippen LogP contribution in [0.2, 0.25) is 0 Å². The third-order valence-corrected chi connectivity index (χ3v) is 6.43.